The maximum Gasteiger partial charge on any atom is 0.367 e. The van der Waals surface area contributed by atoms with Gasteiger partial charge in [-0.1, -0.05) is 109 Å². The molecule has 0 atom stereocenters. The molecule has 3 aromatic carbocycles. The number of benzene rings is 3. The normalized spacial score (nSPS) is 11.4. The number of carbonyl (C=O) groups excluding carboxylic acids is 5. The zero-order valence-electron chi connectivity index (χ0n) is 45.1. The number of ether oxygens (including phenoxy) is 5. The van der Waals surface area contributed by atoms with Crippen LogP contribution in [0.25, 0.3) is 0 Å². The smallest absolute Gasteiger partial charge is 0.367 e. The minimum absolute atomic E-state index is 0.0141. The summed E-state index contributed by atoms with van der Waals surface area (Å²) in [5.41, 5.74) is 0.463. The average Bonchev–Trinajstić information content (AvgIpc) is 2.26. The van der Waals surface area contributed by atoms with Gasteiger partial charge in [0.2, 0.25) is 0 Å². The van der Waals surface area contributed by atoms with Crippen molar-refractivity contribution in [2.24, 2.45) is 0 Å². The molecule has 24 radical (unpaired) electrons. The lowest BCUT2D eigenvalue weighted by atomic mass is 9.72. The Morgan fingerprint density at radius 3 is 0.859 bits per heavy atom. The van der Waals surface area contributed by atoms with Gasteiger partial charge in [-0.2, -0.15) is 8.78 Å². The maximum absolute atomic E-state index is 13.0. The van der Waals surface area contributed by atoms with Crippen LogP contribution in [0.4, 0.5) is 8.78 Å². The SMILES string of the molecule is [B]Cc1c(C[B])c(C[B])c(C(=O)OCC(=O)OCC(F)(F)S(=O)(=O)[O-])c(C(=O)O)c1C[B].[B]Cc1c(C[B])c(C[B])c(C(=O)OCCS(=O)(=O)[O-])c(C(=O)O)c1C[B].[B]Cc1c(C[B])c(C[B])c(C(=O)OCCS(=O)(=O)[O-])c(C(=O)OC)c1C[B]. The van der Waals surface area contributed by atoms with Crippen LogP contribution in [-0.4, -0.2) is 235 Å². The number of aromatic carboxylic acids is 2. The molecular formula is C45H41B12F2O23S3-3. The van der Waals surface area contributed by atoms with Gasteiger partial charge >= 0.3 is 47.0 Å². The van der Waals surface area contributed by atoms with Gasteiger partial charge in [-0.25, -0.2) is 58.8 Å². The van der Waals surface area contributed by atoms with Crippen molar-refractivity contribution in [3.05, 3.63) is 100 Å². The maximum atomic E-state index is 13.0. The van der Waals surface area contributed by atoms with Gasteiger partial charge in [0.1, 0.15) is 13.2 Å². The lowest BCUT2D eigenvalue weighted by Crippen LogP contribution is -2.35. The molecule has 0 aromatic heterocycles. The van der Waals surface area contributed by atoms with Crippen LogP contribution in [-0.2, 0) is 135 Å². The molecule has 3 aromatic rings. The Labute approximate surface area is 505 Å². The zero-order valence-corrected chi connectivity index (χ0v) is 47.6. The molecule has 3 rings (SSSR count). The van der Waals surface area contributed by atoms with Crippen LogP contribution in [0.15, 0.2) is 0 Å². The van der Waals surface area contributed by atoms with E-state index in [0.717, 1.165) is 7.11 Å². The Morgan fingerprint density at radius 1 is 0.400 bits per heavy atom. The molecule has 23 nitrogen and oxygen atoms in total. The highest BCUT2D eigenvalue weighted by atomic mass is 32.2. The molecular weight excluding hydrogens is 1170 g/mol. The van der Waals surface area contributed by atoms with Crippen LogP contribution in [0.1, 0.15) is 129 Å². The molecule has 0 bridgehead atoms. The predicted octanol–water partition coefficient (Wildman–Crippen LogP) is -3.49. The topological polar surface area (TPSA) is 378 Å². The van der Waals surface area contributed by atoms with E-state index in [1.807, 2.05) is 0 Å². The molecule has 0 amide bonds. The molecule has 0 aliphatic rings. The highest BCUT2D eigenvalue weighted by Gasteiger charge is 2.40. The molecule has 2 N–H and O–H groups in total. The second-order valence-corrected chi connectivity index (χ2v) is 21.2. The first kappa shape index (κ1) is 77.3. The molecule has 40 heteroatoms. The molecule has 85 heavy (non-hydrogen) atoms. The van der Waals surface area contributed by atoms with Crippen molar-refractivity contribution in [1.29, 1.82) is 0 Å². The number of hydrogen-bond donors (Lipinski definition) is 2. The van der Waals surface area contributed by atoms with E-state index in [9.17, 15) is 91.5 Å². The quantitative estimate of drug-likeness (QED) is 0.0295. The number of carboxylic acid groups (broad SMARTS) is 2. The molecule has 0 saturated heterocycles. The molecule has 0 saturated carbocycles. The summed E-state index contributed by atoms with van der Waals surface area (Å²) < 4.78 is 144. The van der Waals surface area contributed by atoms with E-state index in [1.165, 1.54) is 0 Å². The monoisotopic (exact) mass is 1220 g/mol. The molecule has 0 unspecified atom stereocenters. The van der Waals surface area contributed by atoms with Gasteiger partial charge in [-0.3, -0.25) is 0 Å². The molecule has 0 heterocycles. The van der Waals surface area contributed by atoms with E-state index >= 15 is 0 Å². The Hall–Kier alpha value is -5.68. The van der Waals surface area contributed by atoms with Gasteiger partial charge < -0.3 is 47.6 Å². The van der Waals surface area contributed by atoms with Gasteiger partial charge in [-0.15, -0.1) is 0 Å². The second-order valence-electron chi connectivity index (χ2n) is 16.7. The van der Waals surface area contributed by atoms with Crippen LogP contribution in [0, 0.1) is 0 Å². The number of esters is 5. The van der Waals surface area contributed by atoms with Gasteiger partial charge in [-0.05, 0) is 33.4 Å². The summed E-state index contributed by atoms with van der Waals surface area (Å²) in [4.78, 5) is 85.1. The first-order valence-corrected chi connectivity index (χ1v) is 28.5. The number of carboxylic acids is 2. The largest absolute Gasteiger partial charge is 0.748 e. The lowest BCUT2D eigenvalue weighted by Gasteiger charge is -2.24. The fourth-order valence-corrected chi connectivity index (χ4v) is 9.08. The molecule has 0 aliphatic carbocycles. The summed E-state index contributed by atoms with van der Waals surface area (Å²) in [6.07, 6.45) is -2.13. The summed E-state index contributed by atoms with van der Waals surface area (Å²) in [7, 11) is 54.2. The van der Waals surface area contributed by atoms with Gasteiger partial charge in [0.25, 0.3) is 0 Å². The number of methoxy groups -OCH3 is 1. The summed E-state index contributed by atoms with van der Waals surface area (Å²) in [5, 5.41) is 14.3. The zero-order chi connectivity index (χ0) is 65.7. The number of carbonyl (C=O) groups is 7. The fraction of sp³-hybridized carbons (Fsp3) is 0.444. The predicted molar refractivity (Wildman–Crippen MR) is 304 cm³/mol. The van der Waals surface area contributed by atoms with E-state index in [4.69, 9.17) is 108 Å². The minimum atomic E-state index is -6.10. The summed E-state index contributed by atoms with van der Waals surface area (Å²) in [6.45, 7) is -4.85. The second kappa shape index (κ2) is 34.6. The third-order valence-electron chi connectivity index (χ3n) is 11.9. The molecule has 0 aliphatic heterocycles. The number of halogens is 2. The van der Waals surface area contributed by atoms with E-state index < -0.39 is 132 Å². The summed E-state index contributed by atoms with van der Waals surface area (Å²) in [6, 6.07) is 0. The van der Waals surface area contributed by atoms with Crippen LogP contribution in [0.2, 0.25) is 0 Å². The van der Waals surface area contributed by atoms with Crippen molar-refractivity contribution >= 4 is 166 Å². The number of rotatable bonds is 29. The summed E-state index contributed by atoms with van der Waals surface area (Å²) >= 11 is 0. The Balaban J connectivity index is 0.000000642. The van der Waals surface area contributed by atoms with E-state index in [0.29, 0.717) is 22.3 Å². The fourth-order valence-electron chi connectivity index (χ4n) is 8.30. The highest BCUT2D eigenvalue weighted by molar-refractivity contribution is 7.86. The van der Waals surface area contributed by atoms with Crippen molar-refractivity contribution in [3.8, 4) is 0 Å². The average molecular weight is 1210 g/mol. The standard InChI is InChI=1S/C16H14B4F2O9S.C15H16B4O7S.C14H14B4O7S/c17-1-7-8(2-18)10(4-20)13(12(14(24)25)9(7)3-19)15(26)30-5-11(23)31-6-16(21,22)32(27,28)29;1-25-14(20)12-10(6-18)8(4-16)9(5-17)11(7-19)13(12)15(21)26-2-3-27(22,23)24;15-3-7-8(4-16)10(6-18)12(11(13(19)20)9(7)5-17)14(21)25-1-2-26(22,23)24/h1-6H2,(H,24,25)(H,27,28,29);2-7H2,1H3,(H,22,23,24);1-6H2,(H,19,20)(H,22,23,24)/p-3. The van der Waals surface area contributed by atoms with Gasteiger partial charge in [0.05, 0.1) is 166 Å². The van der Waals surface area contributed by atoms with Crippen molar-refractivity contribution in [2.45, 2.75) is 81.1 Å². The molecule has 0 spiro atoms. The van der Waals surface area contributed by atoms with Crippen LogP contribution < -0.4 is 0 Å². The summed E-state index contributed by atoms with van der Waals surface area (Å²) in [5.74, 6) is -11.0. The lowest BCUT2D eigenvalue weighted by molar-refractivity contribution is -0.153. The van der Waals surface area contributed by atoms with Gasteiger partial charge in [0, 0.05) is 0 Å². The number of hydrogen-bond acceptors (Lipinski definition) is 21. The van der Waals surface area contributed by atoms with Crippen molar-refractivity contribution in [3.63, 3.8) is 0 Å². The van der Waals surface area contributed by atoms with E-state index in [2.05, 4.69) is 9.47 Å². The van der Waals surface area contributed by atoms with Crippen LogP contribution in [0.3, 0.4) is 0 Å². The van der Waals surface area contributed by atoms with Crippen LogP contribution >= 0.6 is 0 Å². The number of alkyl halides is 2. The third kappa shape index (κ3) is 20.2. The highest BCUT2D eigenvalue weighted by Crippen LogP contribution is 2.34. The van der Waals surface area contributed by atoms with Gasteiger partial charge in [0.15, 0.2) is 23.3 Å². The van der Waals surface area contributed by atoms with Crippen molar-refractivity contribution in [2.75, 3.05) is 45.0 Å². The van der Waals surface area contributed by atoms with E-state index in [1.54, 1.807) is 0 Å². The Kier molecular flexibility index (Phi) is 31.5. The van der Waals surface area contributed by atoms with Crippen molar-refractivity contribution in [1.82, 2.24) is 0 Å². The first-order valence-electron chi connectivity index (χ1n) is 24.0. The van der Waals surface area contributed by atoms with Crippen molar-refractivity contribution < 1.29 is 115 Å². The Bertz CT molecular complexity index is 3340. The molecule has 0 fully saturated rings. The first-order chi connectivity index (χ1) is 39.5. The third-order valence-corrected chi connectivity index (χ3v) is 14.1. The van der Waals surface area contributed by atoms with E-state index in [-0.39, 0.29) is 137 Å². The Morgan fingerprint density at radius 2 is 0.635 bits per heavy atom. The minimum Gasteiger partial charge on any atom is -0.748 e. The van der Waals surface area contributed by atoms with Crippen LogP contribution in [0.5, 0.6) is 0 Å². The molecule has 430 valence electrons.